The normalized spacial score (nSPS) is 9.74. The predicted octanol–water partition coefficient (Wildman–Crippen LogP) is 7.69. The van der Waals surface area contributed by atoms with Crippen LogP contribution in [0.25, 0.3) is 10.8 Å². The van der Waals surface area contributed by atoms with Crippen LogP contribution >= 0.6 is 24.8 Å². The Morgan fingerprint density at radius 1 is 0.774 bits per heavy atom. The Bertz CT molecular complexity index is 817. The van der Waals surface area contributed by atoms with Gasteiger partial charge in [-0.2, -0.15) is 96.4 Å². The van der Waals surface area contributed by atoms with E-state index in [1.807, 2.05) is 60.7 Å². The molecule has 0 aromatic heterocycles. The van der Waals surface area contributed by atoms with Gasteiger partial charge in [-0.1, -0.05) is 13.0 Å². The second-order valence-electron chi connectivity index (χ2n) is 5.78. The van der Waals surface area contributed by atoms with Crippen LogP contribution in [-0.2, 0) is 23.3 Å². The fourth-order valence-corrected chi connectivity index (χ4v) is 2.27. The zero-order valence-electron chi connectivity index (χ0n) is 17.5. The first-order valence-corrected chi connectivity index (χ1v) is 13.5. The van der Waals surface area contributed by atoms with Crippen LogP contribution in [0, 0.1) is 18.2 Å². The molecular formula is C27H26Cl2SiZr-4. The number of hydrogen-bond donors (Lipinski definition) is 0. The Labute approximate surface area is 216 Å². The number of fused-ring (bicyclic) bond motifs is 1. The summed E-state index contributed by atoms with van der Waals surface area (Å²) in [6, 6.07) is 39.7. The number of halogens is 2. The summed E-state index contributed by atoms with van der Waals surface area (Å²) in [4.78, 5) is 0. The monoisotopic (exact) mass is 538 g/mol. The number of allylic oxidation sites excluding steroid dienone is 4. The van der Waals surface area contributed by atoms with Crippen LogP contribution in [0.5, 0.6) is 0 Å². The molecular weight excluding hydrogens is 515 g/mol. The zero-order valence-corrected chi connectivity index (χ0v) is 22.6. The molecule has 0 aliphatic heterocycles. The second-order valence-corrected chi connectivity index (χ2v) is 5.78. The van der Waals surface area contributed by atoms with Crippen LogP contribution in [-0.4, -0.2) is 6.88 Å². The van der Waals surface area contributed by atoms with E-state index in [0.29, 0.717) is 0 Å². The molecule has 0 unspecified atom stereocenters. The molecule has 0 nitrogen and oxygen atoms in total. The summed E-state index contributed by atoms with van der Waals surface area (Å²) in [6.07, 6.45) is 8.33. The van der Waals surface area contributed by atoms with E-state index in [0.717, 1.165) is 6.42 Å². The third kappa shape index (κ3) is 16.8. The molecule has 4 aromatic rings. The number of benzene rings is 3. The molecule has 0 heterocycles. The maximum atomic E-state index is 3.12. The van der Waals surface area contributed by atoms with E-state index in [4.69, 9.17) is 0 Å². The van der Waals surface area contributed by atoms with Crippen molar-refractivity contribution in [1.82, 2.24) is 0 Å². The van der Waals surface area contributed by atoms with Crippen molar-refractivity contribution in [2.24, 2.45) is 0 Å². The first-order chi connectivity index (χ1) is 14.4. The fourth-order valence-electron chi connectivity index (χ4n) is 2.27. The van der Waals surface area contributed by atoms with E-state index < -0.39 is 0 Å². The molecule has 5 rings (SSSR count). The van der Waals surface area contributed by atoms with Crippen molar-refractivity contribution in [3.8, 4) is 0 Å². The van der Waals surface area contributed by atoms with E-state index in [1.54, 1.807) is 0 Å². The SMILES string of the molecule is CC1=[C-]CC=C1.Cl.Cl.[Si]=[Zr].[c-]1ccccc1.[c-]1ccccc1.c1ccc2[cH-]ccc2c1. The number of hydrogen-bond acceptors (Lipinski definition) is 0. The summed E-state index contributed by atoms with van der Waals surface area (Å²) >= 11 is 1.36. The van der Waals surface area contributed by atoms with Gasteiger partial charge in [-0.15, -0.1) is 60.9 Å². The van der Waals surface area contributed by atoms with Crippen molar-refractivity contribution in [1.29, 1.82) is 0 Å². The molecule has 0 spiro atoms. The topological polar surface area (TPSA) is 0 Å². The molecule has 0 saturated carbocycles. The minimum absolute atomic E-state index is 0. The molecule has 31 heavy (non-hydrogen) atoms. The fraction of sp³-hybridized carbons (Fsp3) is 0.0741. The van der Waals surface area contributed by atoms with Crippen LogP contribution in [0.3, 0.4) is 0 Å². The van der Waals surface area contributed by atoms with Crippen LogP contribution < -0.4 is 0 Å². The van der Waals surface area contributed by atoms with Gasteiger partial charge in [0.25, 0.3) is 0 Å². The van der Waals surface area contributed by atoms with Crippen LogP contribution in [0.1, 0.15) is 13.3 Å². The molecule has 160 valence electrons. The van der Waals surface area contributed by atoms with E-state index in [2.05, 4.69) is 86.6 Å². The molecule has 2 radical (unpaired) electrons. The Hall–Kier alpha value is -1.57. The smallest absolute Gasteiger partial charge is 0.0809 e. The van der Waals surface area contributed by atoms with E-state index in [9.17, 15) is 0 Å². The van der Waals surface area contributed by atoms with Gasteiger partial charge in [0, 0.05) is 0 Å². The standard InChI is InChI=1S/C9H7.C6H7.2C6H5.2ClH.Si.Zr/c1-2-5-9-7-3-6-8(9)4-1;1-6-4-2-3-5-6;2*1-2-4-6-5-3-1;;;;/h1-7H;2,4H,3H2,1H3;2*1-5H;2*1H;;/q4*-1;;;;. The Kier molecular flexibility index (Phi) is 23.6. The minimum atomic E-state index is 0. The van der Waals surface area contributed by atoms with E-state index >= 15 is 0 Å². The van der Waals surface area contributed by atoms with Gasteiger partial charge < -0.3 is 0 Å². The average Bonchev–Trinajstić information content (AvgIpc) is 3.50. The van der Waals surface area contributed by atoms with Gasteiger partial charge in [0.1, 0.15) is 0 Å². The predicted molar refractivity (Wildman–Crippen MR) is 137 cm³/mol. The minimum Gasteiger partial charge on any atom is -0.184 e. The van der Waals surface area contributed by atoms with E-state index in [1.165, 1.54) is 39.7 Å². The molecule has 4 heteroatoms. The molecule has 4 aromatic carbocycles. The van der Waals surface area contributed by atoms with Crippen molar-refractivity contribution in [3.05, 3.63) is 139 Å². The maximum Gasteiger partial charge on any atom is -0.0809 e. The van der Waals surface area contributed by atoms with Crippen LogP contribution in [0.2, 0.25) is 0 Å². The average molecular weight is 541 g/mol. The van der Waals surface area contributed by atoms with Gasteiger partial charge in [0.15, 0.2) is 0 Å². The molecule has 1 aliphatic rings. The van der Waals surface area contributed by atoms with Crippen LogP contribution in [0.4, 0.5) is 0 Å². The Morgan fingerprint density at radius 2 is 1.32 bits per heavy atom. The van der Waals surface area contributed by atoms with Crippen molar-refractivity contribution in [2.75, 3.05) is 0 Å². The molecule has 0 amide bonds. The van der Waals surface area contributed by atoms with Crippen molar-refractivity contribution in [3.63, 3.8) is 0 Å². The van der Waals surface area contributed by atoms with Gasteiger partial charge in [-0.05, 0) is 0 Å². The summed E-state index contributed by atoms with van der Waals surface area (Å²) in [6.45, 7) is 5.12. The van der Waals surface area contributed by atoms with Crippen molar-refractivity contribution in [2.45, 2.75) is 13.3 Å². The maximum absolute atomic E-state index is 3.12. The molecule has 0 fully saturated rings. The largest absolute Gasteiger partial charge is 0.184 e. The molecule has 1 aliphatic carbocycles. The molecule has 0 bridgehead atoms. The van der Waals surface area contributed by atoms with Gasteiger partial charge >= 0.3 is 30.2 Å². The summed E-state index contributed by atoms with van der Waals surface area (Å²) < 4.78 is 0. The van der Waals surface area contributed by atoms with Gasteiger partial charge in [-0.3, -0.25) is 6.08 Å². The summed E-state index contributed by atoms with van der Waals surface area (Å²) in [5.74, 6) is 0. The Balaban J connectivity index is 0. The zero-order chi connectivity index (χ0) is 21.0. The first-order valence-electron chi connectivity index (χ1n) is 9.28. The Morgan fingerprint density at radius 3 is 1.65 bits per heavy atom. The quantitative estimate of drug-likeness (QED) is 0.158. The summed E-state index contributed by atoms with van der Waals surface area (Å²) in [7, 11) is 0. The summed E-state index contributed by atoms with van der Waals surface area (Å²) in [5, 5.41) is 2.66. The number of rotatable bonds is 0. The van der Waals surface area contributed by atoms with Gasteiger partial charge in [0.2, 0.25) is 0 Å². The summed E-state index contributed by atoms with van der Waals surface area (Å²) in [5.41, 5.74) is 1.27. The molecule has 0 saturated heterocycles. The first kappa shape index (κ1) is 31.6. The van der Waals surface area contributed by atoms with Crippen LogP contribution in [0.15, 0.2) is 121 Å². The van der Waals surface area contributed by atoms with Gasteiger partial charge in [0.05, 0.1) is 0 Å². The molecule has 0 atom stereocenters. The van der Waals surface area contributed by atoms with Crippen molar-refractivity contribution >= 4 is 42.5 Å². The molecule has 0 N–H and O–H groups in total. The van der Waals surface area contributed by atoms with Gasteiger partial charge in [-0.25, -0.2) is 11.6 Å². The third-order valence-electron chi connectivity index (χ3n) is 3.63. The second kappa shape index (κ2) is 23.1. The third-order valence-corrected chi connectivity index (χ3v) is 3.63. The van der Waals surface area contributed by atoms with Crippen molar-refractivity contribution < 1.29 is 23.3 Å². The van der Waals surface area contributed by atoms with E-state index in [-0.39, 0.29) is 24.8 Å².